The van der Waals surface area contributed by atoms with Gasteiger partial charge in [0.15, 0.2) is 5.82 Å². The molecule has 6 nitrogen and oxygen atoms in total. The molecule has 1 aromatic heterocycles. The third-order valence-electron chi connectivity index (χ3n) is 3.03. The minimum absolute atomic E-state index is 0.251. The maximum absolute atomic E-state index is 9.09. The lowest BCUT2D eigenvalue weighted by Crippen LogP contribution is -2.35. The van der Waals surface area contributed by atoms with Crippen molar-refractivity contribution >= 4 is 23.4 Å². The minimum Gasteiger partial charge on any atom is -0.396 e. The molecular weight excluding hydrogens is 242 g/mol. The molecule has 0 atom stereocenters. The molecule has 4 N–H and O–H groups in total. The second kappa shape index (κ2) is 5.48. The molecule has 17 heavy (non-hydrogen) atoms. The Balaban J connectivity index is 2.12. The van der Waals surface area contributed by atoms with Crippen LogP contribution in [0.4, 0.5) is 11.8 Å². The third-order valence-corrected chi connectivity index (χ3v) is 3.29. The summed E-state index contributed by atoms with van der Waals surface area (Å²) in [7, 11) is 0. The number of hydrogen-bond acceptors (Lipinski definition) is 6. The van der Waals surface area contributed by atoms with Crippen molar-refractivity contribution in [3.63, 3.8) is 0 Å². The Kier molecular flexibility index (Phi) is 3.98. The number of halogens is 1. The molecule has 1 saturated heterocycles. The summed E-state index contributed by atoms with van der Waals surface area (Å²) < 4.78 is 0. The molecule has 0 bridgehead atoms. The number of rotatable bonds is 3. The quantitative estimate of drug-likeness (QED) is 0.544. The molecule has 1 aliphatic rings. The van der Waals surface area contributed by atoms with E-state index in [1.807, 2.05) is 0 Å². The molecule has 0 unspecified atom stereocenters. The number of aliphatic hydroxyl groups excluding tert-OH is 1. The fourth-order valence-electron chi connectivity index (χ4n) is 1.98. The number of aliphatic hydroxyl groups is 1. The van der Waals surface area contributed by atoms with Gasteiger partial charge in [0, 0.05) is 19.7 Å². The van der Waals surface area contributed by atoms with Crippen LogP contribution in [0, 0.1) is 5.92 Å². The van der Waals surface area contributed by atoms with Gasteiger partial charge < -0.3 is 10.0 Å². The summed E-state index contributed by atoms with van der Waals surface area (Å²) in [4.78, 5) is 10.3. The molecule has 2 rings (SSSR count). The van der Waals surface area contributed by atoms with E-state index in [1.165, 1.54) is 6.20 Å². The zero-order valence-electron chi connectivity index (χ0n) is 9.43. The fraction of sp³-hybridized carbons (Fsp3) is 0.600. The van der Waals surface area contributed by atoms with E-state index in [0.717, 1.165) is 25.9 Å². The van der Waals surface area contributed by atoms with Gasteiger partial charge in [-0.15, -0.1) is 0 Å². The number of anilines is 2. The average molecular weight is 258 g/mol. The monoisotopic (exact) mass is 257 g/mol. The van der Waals surface area contributed by atoms with Crippen molar-refractivity contribution < 1.29 is 5.11 Å². The summed E-state index contributed by atoms with van der Waals surface area (Å²) in [6.45, 7) is 1.93. The van der Waals surface area contributed by atoms with Crippen LogP contribution in [-0.2, 0) is 0 Å². The van der Waals surface area contributed by atoms with E-state index >= 15 is 0 Å². The van der Waals surface area contributed by atoms with Gasteiger partial charge in [-0.3, -0.25) is 5.43 Å². The molecule has 0 radical (unpaired) electrons. The van der Waals surface area contributed by atoms with Gasteiger partial charge in [-0.1, -0.05) is 11.6 Å². The predicted molar refractivity (Wildman–Crippen MR) is 66.9 cm³/mol. The minimum atomic E-state index is 0.251. The first kappa shape index (κ1) is 12.3. The van der Waals surface area contributed by atoms with Gasteiger partial charge in [0.2, 0.25) is 5.95 Å². The van der Waals surface area contributed by atoms with E-state index in [-0.39, 0.29) is 6.61 Å². The number of nitrogens with zero attached hydrogens (tertiary/aromatic N) is 3. The normalized spacial score (nSPS) is 17.2. The van der Waals surface area contributed by atoms with Crippen molar-refractivity contribution in [2.75, 3.05) is 30.0 Å². The Bertz CT molecular complexity index is 381. The van der Waals surface area contributed by atoms with Crippen LogP contribution >= 0.6 is 11.6 Å². The Morgan fingerprint density at radius 2 is 2.24 bits per heavy atom. The highest BCUT2D eigenvalue weighted by Gasteiger charge is 2.21. The molecule has 0 spiro atoms. The molecule has 0 amide bonds. The summed E-state index contributed by atoms with van der Waals surface area (Å²) in [6.07, 6.45) is 3.43. The summed E-state index contributed by atoms with van der Waals surface area (Å²) in [5, 5.41) is 9.61. The SMILES string of the molecule is NNc1ncc(Cl)c(N2CCC(CO)CC2)n1. The summed E-state index contributed by atoms with van der Waals surface area (Å²) in [5.74, 6) is 6.72. The van der Waals surface area contributed by atoms with E-state index in [4.69, 9.17) is 22.6 Å². The molecule has 1 aromatic rings. The van der Waals surface area contributed by atoms with Crippen molar-refractivity contribution in [3.05, 3.63) is 11.2 Å². The number of piperidine rings is 1. The van der Waals surface area contributed by atoms with Crippen LogP contribution in [0.15, 0.2) is 6.20 Å². The van der Waals surface area contributed by atoms with Gasteiger partial charge in [0.1, 0.15) is 5.02 Å². The zero-order valence-corrected chi connectivity index (χ0v) is 10.2. The highest BCUT2D eigenvalue weighted by atomic mass is 35.5. The van der Waals surface area contributed by atoms with Crippen LogP contribution in [-0.4, -0.2) is 34.8 Å². The maximum atomic E-state index is 9.09. The predicted octanol–water partition coefficient (Wildman–Crippen LogP) is 0.624. The van der Waals surface area contributed by atoms with E-state index < -0.39 is 0 Å². The highest BCUT2D eigenvalue weighted by Crippen LogP contribution is 2.27. The first-order valence-corrected chi connectivity index (χ1v) is 5.97. The highest BCUT2D eigenvalue weighted by molar-refractivity contribution is 6.32. The summed E-state index contributed by atoms with van der Waals surface area (Å²) >= 11 is 6.07. The Morgan fingerprint density at radius 3 is 2.82 bits per heavy atom. The van der Waals surface area contributed by atoms with Crippen molar-refractivity contribution in [1.82, 2.24) is 9.97 Å². The van der Waals surface area contributed by atoms with E-state index in [1.54, 1.807) is 0 Å². The second-order valence-electron chi connectivity index (χ2n) is 4.12. The molecule has 7 heteroatoms. The molecule has 0 aromatic carbocycles. The molecule has 0 saturated carbocycles. The largest absolute Gasteiger partial charge is 0.396 e. The number of hydrogen-bond donors (Lipinski definition) is 3. The van der Waals surface area contributed by atoms with Gasteiger partial charge in [-0.05, 0) is 18.8 Å². The van der Waals surface area contributed by atoms with Gasteiger partial charge in [0.05, 0.1) is 6.20 Å². The third kappa shape index (κ3) is 2.77. The molecular formula is C10H16ClN5O. The Morgan fingerprint density at radius 1 is 1.53 bits per heavy atom. The van der Waals surface area contributed by atoms with E-state index in [0.29, 0.717) is 22.7 Å². The first-order chi connectivity index (χ1) is 8.24. The van der Waals surface area contributed by atoms with E-state index in [9.17, 15) is 0 Å². The molecule has 94 valence electrons. The topological polar surface area (TPSA) is 87.3 Å². The van der Waals surface area contributed by atoms with Crippen molar-refractivity contribution in [1.29, 1.82) is 0 Å². The maximum Gasteiger partial charge on any atom is 0.239 e. The lowest BCUT2D eigenvalue weighted by atomic mass is 9.98. The zero-order chi connectivity index (χ0) is 12.3. The second-order valence-corrected chi connectivity index (χ2v) is 4.53. The van der Waals surface area contributed by atoms with Crippen LogP contribution in [0.3, 0.4) is 0 Å². The smallest absolute Gasteiger partial charge is 0.239 e. The van der Waals surface area contributed by atoms with Gasteiger partial charge in [0.25, 0.3) is 0 Å². The van der Waals surface area contributed by atoms with Crippen LogP contribution < -0.4 is 16.2 Å². The van der Waals surface area contributed by atoms with Gasteiger partial charge in [-0.25, -0.2) is 10.8 Å². The number of nitrogens with two attached hydrogens (primary N) is 1. The molecule has 0 aliphatic carbocycles. The van der Waals surface area contributed by atoms with Crippen molar-refractivity contribution in [2.45, 2.75) is 12.8 Å². The fourth-order valence-corrected chi connectivity index (χ4v) is 2.19. The Hall–Kier alpha value is -1.11. The van der Waals surface area contributed by atoms with Gasteiger partial charge in [-0.2, -0.15) is 4.98 Å². The lowest BCUT2D eigenvalue weighted by molar-refractivity contribution is 0.203. The van der Waals surface area contributed by atoms with Crippen LogP contribution in [0.1, 0.15) is 12.8 Å². The van der Waals surface area contributed by atoms with Crippen molar-refractivity contribution in [2.24, 2.45) is 11.8 Å². The van der Waals surface area contributed by atoms with Crippen molar-refractivity contribution in [3.8, 4) is 0 Å². The first-order valence-electron chi connectivity index (χ1n) is 5.59. The molecule has 2 heterocycles. The van der Waals surface area contributed by atoms with Crippen LogP contribution in [0.2, 0.25) is 5.02 Å². The Labute approximate surface area is 105 Å². The number of nitrogens with one attached hydrogen (secondary N) is 1. The molecule has 1 fully saturated rings. The van der Waals surface area contributed by atoms with Crippen LogP contribution in [0.5, 0.6) is 0 Å². The molecule has 1 aliphatic heterocycles. The lowest BCUT2D eigenvalue weighted by Gasteiger charge is -2.32. The number of aromatic nitrogens is 2. The number of hydrazine groups is 1. The average Bonchev–Trinajstić information content (AvgIpc) is 2.39. The summed E-state index contributed by atoms with van der Waals surface area (Å²) in [5.41, 5.74) is 2.41. The summed E-state index contributed by atoms with van der Waals surface area (Å²) in [6, 6.07) is 0. The van der Waals surface area contributed by atoms with Gasteiger partial charge >= 0.3 is 0 Å². The standard InChI is InChI=1S/C10H16ClN5O/c11-8-5-13-10(15-12)14-9(8)16-3-1-7(6-17)2-4-16/h5,7,17H,1-4,6,12H2,(H,13,14,15). The van der Waals surface area contributed by atoms with E-state index in [2.05, 4.69) is 20.3 Å². The van der Waals surface area contributed by atoms with Crippen LogP contribution in [0.25, 0.3) is 0 Å². The number of nitrogen functional groups attached to an aromatic ring is 1.